The number of aryl methyl sites for hydroxylation is 1. The zero-order valence-corrected chi connectivity index (χ0v) is 12.8. The molecule has 0 saturated heterocycles. The van der Waals surface area contributed by atoms with Crippen molar-refractivity contribution in [1.29, 1.82) is 0 Å². The van der Waals surface area contributed by atoms with Gasteiger partial charge in [-0.3, -0.25) is 4.98 Å². The number of rotatable bonds is 7. The third-order valence-corrected chi connectivity index (χ3v) is 2.92. The molecule has 2 rings (SSSR count). The SMILES string of the molecule is CCc1cc(Nc2ccncc2OCCF)nc(C(C)(F)F)n1. The van der Waals surface area contributed by atoms with Crippen molar-refractivity contribution in [3.63, 3.8) is 0 Å². The van der Waals surface area contributed by atoms with Crippen molar-refractivity contribution in [2.24, 2.45) is 0 Å². The number of hydrogen-bond donors (Lipinski definition) is 1. The predicted molar refractivity (Wildman–Crippen MR) is 80.0 cm³/mol. The normalized spacial score (nSPS) is 11.3. The van der Waals surface area contributed by atoms with E-state index in [1.807, 2.05) is 6.92 Å². The second kappa shape index (κ2) is 7.26. The fourth-order valence-corrected chi connectivity index (χ4v) is 1.82. The zero-order valence-electron chi connectivity index (χ0n) is 12.8. The van der Waals surface area contributed by atoms with E-state index in [1.165, 1.54) is 12.4 Å². The standard InChI is InChI=1S/C15H17F3N4O/c1-3-10-8-13(22-14(20-10)15(2,17)18)21-11-4-6-19-9-12(11)23-7-5-16/h4,6,8-9H,3,5,7H2,1-2H3,(H,19,20,21,22). The molecular weight excluding hydrogens is 309 g/mol. The molecule has 0 spiro atoms. The summed E-state index contributed by atoms with van der Waals surface area (Å²) in [5.41, 5.74) is 0.943. The molecule has 124 valence electrons. The lowest BCUT2D eigenvalue weighted by atomic mass is 10.2. The summed E-state index contributed by atoms with van der Waals surface area (Å²) >= 11 is 0. The molecule has 0 aliphatic heterocycles. The van der Waals surface area contributed by atoms with Crippen LogP contribution in [0.5, 0.6) is 5.75 Å². The Hall–Kier alpha value is -2.38. The lowest BCUT2D eigenvalue weighted by molar-refractivity contribution is 0.00762. The molecule has 23 heavy (non-hydrogen) atoms. The Bertz CT molecular complexity index is 661. The summed E-state index contributed by atoms with van der Waals surface area (Å²) in [4.78, 5) is 11.6. The van der Waals surface area contributed by atoms with Crippen LogP contribution in [0.25, 0.3) is 0 Å². The van der Waals surface area contributed by atoms with Crippen molar-refractivity contribution in [2.75, 3.05) is 18.6 Å². The first-order valence-corrected chi connectivity index (χ1v) is 7.10. The summed E-state index contributed by atoms with van der Waals surface area (Å²) in [6, 6.07) is 3.17. The molecule has 0 bridgehead atoms. The maximum Gasteiger partial charge on any atom is 0.303 e. The second-order valence-corrected chi connectivity index (χ2v) is 4.84. The van der Waals surface area contributed by atoms with Gasteiger partial charge in [0.2, 0.25) is 5.82 Å². The number of nitrogens with zero attached hydrogens (tertiary/aromatic N) is 3. The molecule has 5 nitrogen and oxygen atoms in total. The lowest BCUT2D eigenvalue weighted by Gasteiger charge is -2.15. The van der Waals surface area contributed by atoms with Crippen molar-refractivity contribution >= 4 is 11.5 Å². The van der Waals surface area contributed by atoms with Crippen molar-refractivity contribution < 1.29 is 17.9 Å². The van der Waals surface area contributed by atoms with Gasteiger partial charge in [-0.2, -0.15) is 8.78 Å². The minimum absolute atomic E-state index is 0.122. The Morgan fingerprint density at radius 1 is 1.30 bits per heavy atom. The quantitative estimate of drug-likeness (QED) is 0.842. The molecular formula is C15H17F3N4O. The summed E-state index contributed by atoms with van der Waals surface area (Å²) < 4.78 is 44.5. The fraction of sp³-hybridized carbons (Fsp3) is 0.400. The van der Waals surface area contributed by atoms with Crippen LogP contribution in [0, 0.1) is 0 Å². The highest BCUT2D eigenvalue weighted by Crippen LogP contribution is 2.29. The number of aromatic nitrogens is 3. The molecule has 0 unspecified atom stereocenters. The summed E-state index contributed by atoms with van der Waals surface area (Å²) in [7, 11) is 0. The molecule has 0 aliphatic carbocycles. The Balaban J connectivity index is 2.33. The number of alkyl halides is 3. The van der Waals surface area contributed by atoms with E-state index in [2.05, 4.69) is 20.3 Å². The van der Waals surface area contributed by atoms with E-state index in [-0.39, 0.29) is 12.4 Å². The first kappa shape index (κ1) is 17.0. The van der Waals surface area contributed by atoms with Gasteiger partial charge in [0.1, 0.15) is 19.1 Å². The van der Waals surface area contributed by atoms with Gasteiger partial charge in [-0.05, 0) is 12.5 Å². The summed E-state index contributed by atoms with van der Waals surface area (Å²) in [6.07, 6.45) is 3.40. The van der Waals surface area contributed by atoms with Gasteiger partial charge in [0.15, 0.2) is 5.75 Å². The zero-order chi connectivity index (χ0) is 16.9. The van der Waals surface area contributed by atoms with E-state index < -0.39 is 18.4 Å². The van der Waals surface area contributed by atoms with Crippen LogP contribution in [0.1, 0.15) is 25.4 Å². The van der Waals surface area contributed by atoms with Gasteiger partial charge in [0, 0.05) is 24.9 Å². The highest BCUT2D eigenvalue weighted by molar-refractivity contribution is 5.63. The molecule has 0 saturated carbocycles. The van der Waals surface area contributed by atoms with E-state index in [0.717, 1.165) is 6.92 Å². The van der Waals surface area contributed by atoms with Crippen LogP contribution >= 0.6 is 0 Å². The van der Waals surface area contributed by atoms with Crippen molar-refractivity contribution in [3.8, 4) is 5.75 Å². The molecule has 1 N–H and O–H groups in total. The van der Waals surface area contributed by atoms with E-state index in [1.54, 1.807) is 12.1 Å². The predicted octanol–water partition coefficient (Wildman–Crippen LogP) is 3.64. The van der Waals surface area contributed by atoms with Gasteiger partial charge in [-0.25, -0.2) is 14.4 Å². The smallest absolute Gasteiger partial charge is 0.303 e. The first-order valence-electron chi connectivity index (χ1n) is 7.10. The molecule has 0 radical (unpaired) electrons. The molecule has 0 fully saturated rings. The molecule has 0 atom stereocenters. The van der Waals surface area contributed by atoms with Crippen LogP contribution in [0.15, 0.2) is 24.5 Å². The Kier molecular flexibility index (Phi) is 5.36. The van der Waals surface area contributed by atoms with Crippen LogP contribution in [0.4, 0.5) is 24.7 Å². The third-order valence-electron chi connectivity index (χ3n) is 2.92. The number of anilines is 2. The van der Waals surface area contributed by atoms with Gasteiger partial charge in [0.25, 0.3) is 0 Å². The average molecular weight is 326 g/mol. The van der Waals surface area contributed by atoms with Gasteiger partial charge in [-0.15, -0.1) is 0 Å². The molecule has 8 heteroatoms. The number of hydrogen-bond acceptors (Lipinski definition) is 5. The molecule has 0 aromatic carbocycles. The van der Waals surface area contributed by atoms with Crippen LogP contribution in [0.2, 0.25) is 0 Å². The largest absolute Gasteiger partial charge is 0.487 e. The Morgan fingerprint density at radius 3 is 2.74 bits per heavy atom. The number of halogens is 3. The number of nitrogens with one attached hydrogen (secondary N) is 1. The third kappa shape index (κ3) is 4.54. The summed E-state index contributed by atoms with van der Waals surface area (Å²) in [5, 5.41) is 2.90. The highest BCUT2D eigenvalue weighted by atomic mass is 19.3. The number of pyridine rings is 1. The van der Waals surface area contributed by atoms with Crippen molar-refractivity contribution in [2.45, 2.75) is 26.2 Å². The topological polar surface area (TPSA) is 59.9 Å². The van der Waals surface area contributed by atoms with E-state index in [4.69, 9.17) is 4.74 Å². The van der Waals surface area contributed by atoms with E-state index in [9.17, 15) is 13.2 Å². The van der Waals surface area contributed by atoms with E-state index >= 15 is 0 Å². The molecule has 0 amide bonds. The van der Waals surface area contributed by atoms with Gasteiger partial charge in [-0.1, -0.05) is 6.92 Å². The maximum atomic E-state index is 13.5. The van der Waals surface area contributed by atoms with Crippen molar-refractivity contribution in [1.82, 2.24) is 15.0 Å². The molecule has 2 heterocycles. The average Bonchev–Trinajstić information content (AvgIpc) is 2.53. The van der Waals surface area contributed by atoms with Crippen molar-refractivity contribution in [3.05, 3.63) is 36.0 Å². The van der Waals surface area contributed by atoms with Gasteiger partial charge >= 0.3 is 5.92 Å². The monoisotopic (exact) mass is 326 g/mol. The fourth-order valence-electron chi connectivity index (χ4n) is 1.82. The Morgan fingerprint density at radius 2 is 2.09 bits per heavy atom. The van der Waals surface area contributed by atoms with Crippen LogP contribution in [-0.4, -0.2) is 28.2 Å². The van der Waals surface area contributed by atoms with Crippen LogP contribution < -0.4 is 10.1 Å². The van der Waals surface area contributed by atoms with Crippen LogP contribution in [-0.2, 0) is 12.3 Å². The summed E-state index contributed by atoms with van der Waals surface area (Å²) in [5.74, 6) is -3.18. The maximum absolute atomic E-state index is 13.5. The minimum atomic E-state index is -3.15. The van der Waals surface area contributed by atoms with E-state index in [0.29, 0.717) is 23.6 Å². The molecule has 2 aromatic rings. The molecule has 2 aromatic heterocycles. The van der Waals surface area contributed by atoms with Gasteiger partial charge in [0.05, 0.1) is 11.9 Å². The lowest BCUT2D eigenvalue weighted by Crippen LogP contribution is -2.15. The number of ether oxygens (including phenoxy) is 1. The second-order valence-electron chi connectivity index (χ2n) is 4.84. The van der Waals surface area contributed by atoms with Crippen LogP contribution in [0.3, 0.4) is 0 Å². The Labute approximate surface area is 131 Å². The first-order chi connectivity index (χ1) is 10.9. The highest BCUT2D eigenvalue weighted by Gasteiger charge is 2.29. The minimum Gasteiger partial charge on any atom is -0.487 e. The summed E-state index contributed by atoms with van der Waals surface area (Å²) in [6.45, 7) is 1.79. The molecule has 0 aliphatic rings. The van der Waals surface area contributed by atoms with Gasteiger partial charge < -0.3 is 10.1 Å².